The van der Waals surface area contributed by atoms with Gasteiger partial charge in [-0.25, -0.2) is 0 Å². The molecule has 0 spiro atoms. The van der Waals surface area contributed by atoms with E-state index in [9.17, 15) is 9.59 Å². The van der Waals surface area contributed by atoms with Crippen molar-refractivity contribution >= 4 is 27.8 Å². The van der Waals surface area contributed by atoms with E-state index in [1.54, 1.807) is 0 Å². The molecule has 6 heteroatoms. The number of rotatable bonds is 11. The van der Waals surface area contributed by atoms with E-state index < -0.39 is 0 Å². The number of hydrogen-bond acceptors (Lipinski definition) is 4. The van der Waals surface area contributed by atoms with Crippen molar-refractivity contribution in [3.8, 4) is 11.1 Å². The van der Waals surface area contributed by atoms with E-state index >= 15 is 0 Å². The van der Waals surface area contributed by atoms with Gasteiger partial charge in [-0.2, -0.15) is 0 Å². The maximum Gasteiger partial charge on any atom is 0.306 e. The Morgan fingerprint density at radius 2 is 1.64 bits per heavy atom. The van der Waals surface area contributed by atoms with Gasteiger partial charge < -0.3 is 15.0 Å². The number of ether oxygens (including phenoxy) is 1. The molecule has 1 atom stereocenters. The van der Waals surface area contributed by atoms with Crippen molar-refractivity contribution in [2.45, 2.75) is 57.4 Å². The van der Waals surface area contributed by atoms with Gasteiger partial charge in [-0.15, -0.1) is 0 Å². The molecular weight excluding hydrogens is 552 g/mol. The maximum atomic E-state index is 13.2. The Kier molecular flexibility index (Phi) is 10.4. The molecule has 4 rings (SSSR count). The highest BCUT2D eigenvalue weighted by molar-refractivity contribution is 9.10. The molecule has 0 saturated carbocycles. The van der Waals surface area contributed by atoms with Gasteiger partial charge in [0.15, 0.2) is 0 Å². The normalized spacial score (nSPS) is 15.9. The molecule has 1 N–H and O–H groups in total. The Hall–Kier alpha value is -2.96. The standard InChI is InChI=1S/C33H39BrN2O3/c1-3-39-31(37)24-33(2,26-10-5-4-6-11-26)20-9-21-36-22-18-28(19-23-36)35-32(38)30-13-8-7-12-29(30)25-14-16-27(34)17-15-25/h4-8,10-17,28H,3,9,18-24H2,1-2H3,(H,35,38). The van der Waals surface area contributed by atoms with E-state index in [-0.39, 0.29) is 23.3 Å². The average Bonchev–Trinajstić information content (AvgIpc) is 2.95. The molecule has 1 heterocycles. The number of likely N-dealkylation sites (tertiary alicyclic amines) is 1. The minimum Gasteiger partial charge on any atom is -0.466 e. The molecule has 0 radical (unpaired) electrons. The number of benzene rings is 3. The molecule has 0 aliphatic carbocycles. The van der Waals surface area contributed by atoms with Crippen LogP contribution in [-0.2, 0) is 14.9 Å². The Labute approximate surface area is 241 Å². The zero-order valence-electron chi connectivity index (χ0n) is 23.0. The summed E-state index contributed by atoms with van der Waals surface area (Å²) in [6.45, 7) is 7.33. The molecule has 5 nitrogen and oxygen atoms in total. The van der Waals surface area contributed by atoms with Crippen molar-refractivity contribution in [3.05, 3.63) is 94.5 Å². The minimum absolute atomic E-state index is 0.00967. The van der Waals surface area contributed by atoms with Crippen molar-refractivity contribution in [2.24, 2.45) is 0 Å². The summed E-state index contributed by atoms with van der Waals surface area (Å²) in [5, 5.41) is 3.29. The van der Waals surface area contributed by atoms with Crippen LogP contribution >= 0.6 is 15.9 Å². The van der Waals surface area contributed by atoms with Gasteiger partial charge in [0.25, 0.3) is 5.91 Å². The number of carbonyl (C=O) groups is 2. The topological polar surface area (TPSA) is 58.6 Å². The van der Waals surface area contributed by atoms with Gasteiger partial charge in [-0.05, 0) is 74.0 Å². The largest absolute Gasteiger partial charge is 0.466 e. The smallest absolute Gasteiger partial charge is 0.306 e. The molecule has 3 aromatic rings. The van der Waals surface area contributed by atoms with Crippen LogP contribution in [0.4, 0.5) is 0 Å². The number of nitrogens with zero attached hydrogens (tertiary/aromatic N) is 1. The van der Waals surface area contributed by atoms with Crippen LogP contribution in [0.15, 0.2) is 83.3 Å². The molecular formula is C33H39BrN2O3. The third kappa shape index (κ3) is 8.02. The lowest BCUT2D eigenvalue weighted by atomic mass is 9.76. The number of halogens is 1. The molecule has 1 fully saturated rings. The zero-order valence-corrected chi connectivity index (χ0v) is 24.6. The summed E-state index contributed by atoms with van der Waals surface area (Å²) in [6.07, 6.45) is 4.18. The van der Waals surface area contributed by atoms with Gasteiger partial charge in [0.05, 0.1) is 13.0 Å². The summed E-state index contributed by atoms with van der Waals surface area (Å²) in [7, 11) is 0. The van der Waals surface area contributed by atoms with Gasteiger partial charge in [0, 0.05) is 34.6 Å². The van der Waals surface area contributed by atoms with Crippen LogP contribution in [0, 0.1) is 0 Å². The van der Waals surface area contributed by atoms with Crippen LogP contribution in [0.25, 0.3) is 11.1 Å². The second kappa shape index (κ2) is 13.9. The first-order valence-corrected chi connectivity index (χ1v) is 14.8. The Morgan fingerprint density at radius 1 is 0.974 bits per heavy atom. The Bertz CT molecular complexity index is 1220. The highest BCUT2D eigenvalue weighted by atomic mass is 79.9. The number of esters is 1. The summed E-state index contributed by atoms with van der Waals surface area (Å²) in [5.41, 5.74) is 3.63. The highest BCUT2D eigenvalue weighted by Gasteiger charge is 2.30. The average molecular weight is 592 g/mol. The molecule has 3 aromatic carbocycles. The van der Waals surface area contributed by atoms with Crippen LogP contribution < -0.4 is 5.32 Å². The fraction of sp³-hybridized carbons (Fsp3) is 0.394. The van der Waals surface area contributed by atoms with E-state index in [0.717, 1.165) is 60.9 Å². The lowest BCUT2D eigenvalue weighted by molar-refractivity contribution is -0.144. The molecule has 1 aliphatic rings. The van der Waals surface area contributed by atoms with Crippen molar-refractivity contribution in [1.29, 1.82) is 0 Å². The van der Waals surface area contributed by atoms with Gasteiger partial charge in [0.2, 0.25) is 0 Å². The summed E-state index contributed by atoms with van der Waals surface area (Å²) < 4.78 is 6.30. The molecule has 206 valence electrons. The van der Waals surface area contributed by atoms with Gasteiger partial charge in [0.1, 0.15) is 0 Å². The lowest BCUT2D eigenvalue weighted by Crippen LogP contribution is -2.45. The molecule has 0 bridgehead atoms. The molecule has 1 unspecified atom stereocenters. The van der Waals surface area contributed by atoms with E-state index in [2.05, 4.69) is 45.2 Å². The van der Waals surface area contributed by atoms with E-state index in [0.29, 0.717) is 18.6 Å². The van der Waals surface area contributed by atoms with Crippen LogP contribution in [-0.4, -0.2) is 49.1 Å². The Morgan fingerprint density at radius 3 is 2.33 bits per heavy atom. The molecule has 1 amide bonds. The summed E-state index contributed by atoms with van der Waals surface area (Å²) in [4.78, 5) is 28.1. The third-order valence-corrected chi connectivity index (χ3v) is 8.29. The summed E-state index contributed by atoms with van der Waals surface area (Å²) in [6, 6.07) is 26.4. The number of hydrogen-bond donors (Lipinski definition) is 1. The van der Waals surface area contributed by atoms with Crippen molar-refractivity contribution in [2.75, 3.05) is 26.2 Å². The van der Waals surface area contributed by atoms with Crippen molar-refractivity contribution in [3.63, 3.8) is 0 Å². The van der Waals surface area contributed by atoms with Crippen molar-refractivity contribution in [1.82, 2.24) is 10.2 Å². The summed E-state index contributed by atoms with van der Waals surface area (Å²) >= 11 is 3.48. The fourth-order valence-electron chi connectivity index (χ4n) is 5.53. The number of piperidine rings is 1. The molecule has 1 aliphatic heterocycles. The van der Waals surface area contributed by atoms with Gasteiger partial charge >= 0.3 is 5.97 Å². The monoisotopic (exact) mass is 590 g/mol. The molecule has 1 saturated heterocycles. The first-order chi connectivity index (χ1) is 18.9. The van der Waals surface area contributed by atoms with Crippen molar-refractivity contribution < 1.29 is 14.3 Å². The fourth-order valence-corrected chi connectivity index (χ4v) is 5.79. The van der Waals surface area contributed by atoms with Crippen LogP contribution in [0.1, 0.15) is 61.9 Å². The molecule has 0 aromatic heterocycles. The predicted octanol–water partition coefficient (Wildman–Crippen LogP) is 7.00. The SMILES string of the molecule is CCOC(=O)CC(C)(CCCN1CCC(NC(=O)c2ccccc2-c2ccc(Br)cc2)CC1)c1ccccc1. The quantitative estimate of drug-likeness (QED) is 0.244. The van der Waals surface area contributed by atoms with E-state index in [4.69, 9.17) is 4.74 Å². The summed E-state index contributed by atoms with van der Waals surface area (Å²) in [5.74, 6) is -0.147. The van der Waals surface area contributed by atoms with Crippen LogP contribution in [0.3, 0.4) is 0 Å². The Balaban J connectivity index is 1.28. The second-order valence-electron chi connectivity index (χ2n) is 10.7. The maximum absolute atomic E-state index is 13.2. The first-order valence-electron chi connectivity index (χ1n) is 14.0. The van der Waals surface area contributed by atoms with Crippen LogP contribution in [0.2, 0.25) is 0 Å². The zero-order chi connectivity index (χ0) is 27.7. The van der Waals surface area contributed by atoms with Gasteiger partial charge in [-0.3, -0.25) is 9.59 Å². The van der Waals surface area contributed by atoms with Crippen LogP contribution in [0.5, 0.6) is 0 Å². The molecule has 39 heavy (non-hydrogen) atoms. The highest BCUT2D eigenvalue weighted by Crippen LogP contribution is 2.33. The second-order valence-corrected chi connectivity index (χ2v) is 11.6. The minimum atomic E-state index is -0.248. The number of nitrogens with one attached hydrogen (secondary N) is 1. The predicted molar refractivity (Wildman–Crippen MR) is 161 cm³/mol. The van der Waals surface area contributed by atoms with Gasteiger partial charge in [-0.1, -0.05) is 83.5 Å². The first kappa shape index (κ1) is 29.0. The number of carbonyl (C=O) groups excluding carboxylic acids is 2. The van der Waals surface area contributed by atoms with E-state index in [1.807, 2.05) is 73.7 Å². The lowest BCUT2D eigenvalue weighted by Gasteiger charge is -2.34. The van der Waals surface area contributed by atoms with E-state index in [1.165, 1.54) is 5.56 Å². The third-order valence-electron chi connectivity index (χ3n) is 7.76. The number of amides is 1.